The number of benzene rings is 1. The predicted octanol–water partition coefficient (Wildman–Crippen LogP) is 1.29. The summed E-state index contributed by atoms with van der Waals surface area (Å²) in [5.74, 6) is 0.283. The average molecular weight is 338 g/mol. The van der Waals surface area contributed by atoms with Crippen molar-refractivity contribution < 1.29 is 12.8 Å². The van der Waals surface area contributed by atoms with Crippen molar-refractivity contribution in [1.82, 2.24) is 18.8 Å². The molecule has 0 bridgehead atoms. The summed E-state index contributed by atoms with van der Waals surface area (Å²) in [4.78, 5) is 6.64. The second kappa shape index (κ2) is 6.03. The monoisotopic (exact) mass is 338 g/mol. The zero-order valence-electron chi connectivity index (χ0n) is 13.1. The van der Waals surface area contributed by atoms with Crippen LogP contribution in [-0.2, 0) is 29.7 Å². The van der Waals surface area contributed by atoms with Gasteiger partial charge in [0.2, 0.25) is 10.0 Å². The first-order valence-corrected chi connectivity index (χ1v) is 8.75. The summed E-state index contributed by atoms with van der Waals surface area (Å²) in [6, 6.07) is 4.91. The highest BCUT2D eigenvalue weighted by atomic mass is 32.2. The van der Waals surface area contributed by atoms with Crippen LogP contribution in [0.4, 0.5) is 4.39 Å². The third-order valence-electron chi connectivity index (χ3n) is 3.75. The predicted molar refractivity (Wildman–Crippen MR) is 83.6 cm³/mol. The summed E-state index contributed by atoms with van der Waals surface area (Å²) in [5, 5.41) is 0. The van der Waals surface area contributed by atoms with E-state index in [0.717, 1.165) is 23.7 Å². The van der Waals surface area contributed by atoms with Crippen molar-refractivity contribution in [3.63, 3.8) is 0 Å². The van der Waals surface area contributed by atoms with Gasteiger partial charge in [-0.3, -0.25) is 0 Å². The maximum atomic E-state index is 13.0. The third kappa shape index (κ3) is 3.29. The van der Waals surface area contributed by atoms with Crippen molar-refractivity contribution in [3.05, 3.63) is 47.8 Å². The molecule has 124 valence electrons. The van der Waals surface area contributed by atoms with E-state index in [1.807, 2.05) is 29.8 Å². The minimum atomic E-state index is -3.63. The summed E-state index contributed by atoms with van der Waals surface area (Å²) in [5.41, 5.74) is 0.922. The smallest absolute Gasteiger partial charge is 0.243 e. The van der Waals surface area contributed by atoms with Gasteiger partial charge in [0.05, 0.1) is 17.1 Å². The Bertz CT molecular complexity index is 799. The number of fused-ring (bicyclic) bond motifs is 1. The molecule has 0 saturated heterocycles. The molecule has 23 heavy (non-hydrogen) atoms. The molecule has 0 amide bonds. The highest BCUT2D eigenvalue weighted by Crippen LogP contribution is 2.22. The van der Waals surface area contributed by atoms with E-state index in [4.69, 9.17) is 0 Å². The molecule has 8 heteroatoms. The zero-order chi connectivity index (χ0) is 16.6. The molecule has 0 unspecified atom stereocenters. The van der Waals surface area contributed by atoms with Crippen LogP contribution in [0.2, 0.25) is 0 Å². The standard InChI is InChI=1S/C15H19FN4O2S/c1-18(2)9-13-10-19-7-8-20(11-15(19)17-13)23(21,22)14-5-3-12(16)4-6-14/h3-6,10H,7-9,11H2,1-2H3. The molecule has 0 spiro atoms. The maximum absolute atomic E-state index is 13.0. The first-order chi connectivity index (χ1) is 10.9. The Morgan fingerprint density at radius 1 is 1.22 bits per heavy atom. The minimum absolute atomic E-state index is 0.104. The SMILES string of the molecule is CN(C)Cc1cn2c(n1)CN(S(=O)(=O)c1ccc(F)cc1)CC2. The molecule has 0 fully saturated rings. The summed E-state index contributed by atoms with van der Waals surface area (Å²) in [7, 11) is 0.291. The van der Waals surface area contributed by atoms with Gasteiger partial charge in [-0.1, -0.05) is 0 Å². The maximum Gasteiger partial charge on any atom is 0.243 e. The second-order valence-electron chi connectivity index (χ2n) is 5.87. The summed E-state index contributed by atoms with van der Waals surface area (Å²) >= 11 is 0. The molecule has 0 atom stereocenters. The van der Waals surface area contributed by atoms with E-state index < -0.39 is 15.8 Å². The van der Waals surface area contributed by atoms with Crippen molar-refractivity contribution in [2.24, 2.45) is 0 Å². The van der Waals surface area contributed by atoms with E-state index in [-0.39, 0.29) is 11.4 Å². The lowest BCUT2D eigenvalue weighted by Crippen LogP contribution is -2.38. The number of imidazole rings is 1. The van der Waals surface area contributed by atoms with Crippen molar-refractivity contribution in [2.75, 3.05) is 20.6 Å². The zero-order valence-corrected chi connectivity index (χ0v) is 13.9. The number of aromatic nitrogens is 2. The van der Waals surface area contributed by atoms with Gasteiger partial charge in [-0.05, 0) is 38.4 Å². The number of hydrogen-bond acceptors (Lipinski definition) is 4. The van der Waals surface area contributed by atoms with Gasteiger partial charge in [-0.15, -0.1) is 0 Å². The molecule has 1 aliphatic heterocycles. The van der Waals surface area contributed by atoms with Crippen molar-refractivity contribution >= 4 is 10.0 Å². The topological polar surface area (TPSA) is 58.4 Å². The van der Waals surface area contributed by atoms with E-state index in [0.29, 0.717) is 19.6 Å². The Morgan fingerprint density at radius 3 is 2.57 bits per heavy atom. The van der Waals surface area contributed by atoms with Crippen LogP contribution < -0.4 is 0 Å². The molecular weight excluding hydrogens is 319 g/mol. The first-order valence-electron chi connectivity index (χ1n) is 7.31. The molecule has 1 aromatic carbocycles. The Balaban J connectivity index is 1.83. The average Bonchev–Trinajstić information content (AvgIpc) is 2.87. The van der Waals surface area contributed by atoms with Crippen LogP contribution in [-0.4, -0.2) is 47.8 Å². The highest BCUT2D eigenvalue weighted by Gasteiger charge is 2.29. The Labute approximate surface area is 135 Å². The Kier molecular flexibility index (Phi) is 4.22. The van der Waals surface area contributed by atoms with Crippen molar-refractivity contribution in [2.45, 2.75) is 24.5 Å². The van der Waals surface area contributed by atoms with Gasteiger partial charge >= 0.3 is 0 Å². The van der Waals surface area contributed by atoms with Crippen LogP contribution in [0.1, 0.15) is 11.5 Å². The van der Waals surface area contributed by atoms with Crippen LogP contribution in [0.25, 0.3) is 0 Å². The molecule has 2 aromatic rings. The molecule has 0 N–H and O–H groups in total. The minimum Gasteiger partial charge on any atom is -0.332 e. The molecule has 1 aromatic heterocycles. The van der Waals surface area contributed by atoms with Crippen LogP contribution in [0.15, 0.2) is 35.4 Å². The molecule has 2 heterocycles. The number of halogens is 1. The van der Waals surface area contributed by atoms with Crippen LogP contribution >= 0.6 is 0 Å². The summed E-state index contributed by atoms with van der Waals surface area (Å²) < 4.78 is 41.7. The molecule has 0 aliphatic carbocycles. The van der Waals surface area contributed by atoms with Gasteiger partial charge in [0.15, 0.2) is 0 Å². The van der Waals surface area contributed by atoms with E-state index in [2.05, 4.69) is 4.98 Å². The quantitative estimate of drug-likeness (QED) is 0.843. The molecular formula is C15H19FN4O2S. The highest BCUT2D eigenvalue weighted by molar-refractivity contribution is 7.89. The van der Waals surface area contributed by atoms with Gasteiger partial charge in [-0.2, -0.15) is 4.31 Å². The van der Waals surface area contributed by atoms with Gasteiger partial charge in [0.25, 0.3) is 0 Å². The van der Waals surface area contributed by atoms with E-state index >= 15 is 0 Å². The fourth-order valence-corrected chi connectivity index (χ4v) is 4.04. The molecule has 1 aliphatic rings. The molecule has 0 saturated carbocycles. The largest absolute Gasteiger partial charge is 0.332 e. The van der Waals surface area contributed by atoms with Crippen LogP contribution in [0.5, 0.6) is 0 Å². The molecule has 6 nitrogen and oxygen atoms in total. The lowest BCUT2D eigenvalue weighted by Gasteiger charge is -2.26. The fraction of sp³-hybridized carbons (Fsp3) is 0.400. The fourth-order valence-electron chi connectivity index (χ4n) is 2.65. The molecule has 3 rings (SSSR count). The lowest BCUT2D eigenvalue weighted by molar-refractivity contribution is 0.335. The molecule has 0 radical (unpaired) electrons. The Morgan fingerprint density at radius 2 is 1.91 bits per heavy atom. The first kappa shape index (κ1) is 16.1. The van der Waals surface area contributed by atoms with Gasteiger partial charge in [0, 0.05) is 25.8 Å². The van der Waals surface area contributed by atoms with Gasteiger partial charge in [-0.25, -0.2) is 17.8 Å². The Hall–Kier alpha value is -1.77. The van der Waals surface area contributed by atoms with Crippen LogP contribution in [0, 0.1) is 5.82 Å². The number of rotatable bonds is 4. The van der Waals surface area contributed by atoms with Gasteiger partial charge in [0.1, 0.15) is 11.6 Å². The normalized spacial score (nSPS) is 15.8. The second-order valence-corrected chi connectivity index (χ2v) is 7.81. The van der Waals surface area contributed by atoms with Crippen LogP contribution in [0.3, 0.4) is 0 Å². The third-order valence-corrected chi connectivity index (χ3v) is 5.61. The number of hydrogen-bond donors (Lipinski definition) is 0. The van der Waals surface area contributed by atoms with E-state index in [1.54, 1.807) is 0 Å². The summed E-state index contributed by atoms with van der Waals surface area (Å²) in [6.45, 7) is 1.89. The lowest BCUT2D eigenvalue weighted by atomic mass is 10.4. The van der Waals surface area contributed by atoms with E-state index in [1.165, 1.54) is 16.4 Å². The van der Waals surface area contributed by atoms with E-state index in [9.17, 15) is 12.8 Å². The summed E-state index contributed by atoms with van der Waals surface area (Å²) in [6.07, 6.45) is 1.97. The van der Waals surface area contributed by atoms with Crippen molar-refractivity contribution in [3.8, 4) is 0 Å². The van der Waals surface area contributed by atoms with Crippen molar-refractivity contribution in [1.29, 1.82) is 0 Å². The number of nitrogens with zero attached hydrogens (tertiary/aromatic N) is 4. The number of sulfonamides is 1. The van der Waals surface area contributed by atoms with Gasteiger partial charge < -0.3 is 9.47 Å².